The predicted molar refractivity (Wildman–Crippen MR) is 157 cm³/mol. The Balaban J connectivity index is 0.000000139. The summed E-state index contributed by atoms with van der Waals surface area (Å²) in [6, 6.07) is 46.9. The molecule has 0 saturated carbocycles. The second-order valence-corrected chi connectivity index (χ2v) is 17.6. The molecule has 0 heterocycles. The molecule has 0 fully saturated rings. The van der Waals surface area contributed by atoms with E-state index in [0.717, 1.165) is 5.54 Å². The van der Waals surface area contributed by atoms with E-state index >= 15 is 0 Å². The number of benzene rings is 4. The van der Waals surface area contributed by atoms with Crippen LogP contribution in [0, 0.1) is 0 Å². The minimum Gasteiger partial charge on any atom is -0.168 e. The van der Waals surface area contributed by atoms with Gasteiger partial charge < -0.3 is 0 Å². The maximum absolute atomic E-state index is 2.38. The van der Waals surface area contributed by atoms with Gasteiger partial charge in [0.25, 0.3) is 0 Å². The van der Waals surface area contributed by atoms with Crippen LogP contribution in [0.2, 0.25) is 12.1 Å². The Morgan fingerprint density at radius 3 is 1.31 bits per heavy atom. The molecule has 2 heteroatoms. The molecule has 0 N–H and O–H groups in total. The first-order valence-electron chi connectivity index (χ1n) is 12.5. The Bertz CT molecular complexity index is 1410. The van der Waals surface area contributed by atoms with Crippen LogP contribution in [-0.4, -0.2) is 5.43 Å². The molecule has 0 nitrogen and oxygen atoms in total. The molecular weight excluding hydrogens is 528 g/mol. The van der Waals surface area contributed by atoms with Gasteiger partial charge in [0, 0.05) is 0 Å². The first-order valence-corrected chi connectivity index (χ1v) is 18.2. The quantitative estimate of drug-likeness (QED) is 0.149. The predicted octanol–water partition coefficient (Wildman–Crippen LogP) is 10.0. The summed E-state index contributed by atoms with van der Waals surface area (Å²) in [6.45, 7) is 7.00. The van der Waals surface area contributed by atoms with Crippen molar-refractivity contribution in [2.45, 2.75) is 25.9 Å². The largest absolute Gasteiger partial charge is 0.168 e. The van der Waals surface area contributed by atoms with Gasteiger partial charge in [-0.25, -0.2) is 0 Å². The minimum atomic E-state index is 0.138. The molecular formula is C34H32SiZr. The van der Waals surface area contributed by atoms with E-state index in [0.29, 0.717) is 0 Å². The summed E-state index contributed by atoms with van der Waals surface area (Å²) < 4.78 is 0. The van der Waals surface area contributed by atoms with Crippen LogP contribution >= 0.6 is 0 Å². The fourth-order valence-electron chi connectivity index (χ4n) is 3.87. The third kappa shape index (κ3) is 7.12. The van der Waals surface area contributed by atoms with Crippen molar-refractivity contribution in [3.05, 3.63) is 133 Å². The zero-order valence-corrected chi connectivity index (χ0v) is 24.7. The van der Waals surface area contributed by atoms with Crippen LogP contribution < -0.4 is 0 Å². The fourth-order valence-corrected chi connectivity index (χ4v) is 3.87. The van der Waals surface area contributed by atoms with Crippen molar-refractivity contribution in [1.29, 1.82) is 0 Å². The van der Waals surface area contributed by atoms with Gasteiger partial charge in [-0.2, -0.15) is 24.3 Å². The molecule has 36 heavy (non-hydrogen) atoms. The molecule has 0 unspecified atom stereocenters. The van der Waals surface area contributed by atoms with Crippen molar-refractivity contribution in [3.63, 3.8) is 0 Å². The zero-order chi connectivity index (χ0) is 25.3. The van der Waals surface area contributed by atoms with Crippen molar-refractivity contribution < 1.29 is 23.3 Å². The van der Waals surface area contributed by atoms with E-state index in [2.05, 4.69) is 142 Å². The molecule has 0 radical (unpaired) electrons. The van der Waals surface area contributed by atoms with E-state index in [1.54, 1.807) is 23.3 Å². The molecule has 0 aliphatic carbocycles. The summed E-state index contributed by atoms with van der Waals surface area (Å²) in [5.41, 5.74) is 6.26. The first kappa shape index (κ1) is 26.3. The van der Waals surface area contributed by atoms with Gasteiger partial charge in [0.15, 0.2) is 0 Å². The topological polar surface area (TPSA) is 0 Å². The van der Waals surface area contributed by atoms with Gasteiger partial charge in [0.1, 0.15) is 0 Å². The second kappa shape index (κ2) is 12.9. The summed E-state index contributed by atoms with van der Waals surface area (Å²) >= 11 is 1.77. The van der Waals surface area contributed by atoms with Crippen LogP contribution in [0.1, 0.15) is 13.8 Å². The van der Waals surface area contributed by atoms with Gasteiger partial charge in [-0.15, -0.1) is 57.9 Å². The molecule has 176 valence electrons. The minimum absolute atomic E-state index is 0.138. The van der Waals surface area contributed by atoms with Crippen LogP contribution in [0.3, 0.4) is 0 Å². The van der Waals surface area contributed by atoms with Crippen LogP contribution in [0.5, 0.6) is 0 Å². The van der Waals surface area contributed by atoms with Gasteiger partial charge >= 0.3 is 54.7 Å². The van der Waals surface area contributed by atoms with Crippen molar-refractivity contribution >= 4 is 27.0 Å². The van der Waals surface area contributed by atoms with E-state index in [-0.39, 0.29) is 5.43 Å². The van der Waals surface area contributed by atoms with Gasteiger partial charge in [-0.1, -0.05) is 83.9 Å². The summed E-state index contributed by atoms with van der Waals surface area (Å²) in [5.74, 6) is 0. The number of rotatable bonds is 3. The smallest absolute Gasteiger partial charge is 0.0277 e. The van der Waals surface area contributed by atoms with Gasteiger partial charge in [0.2, 0.25) is 0 Å². The summed E-state index contributed by atoms with van der Waals surface area (Å²) in [6.07, 6.45) is 0. The van der Waals surface area contributed by atoms with Crippen LogP contribution in [-0.2, 0) is 23.3 Å². The Labute approximate surface area is 230 Å². The van der Waals surface area contributed by atoms with Crippen LogP contribution in [0.25, 0.3) is 43.8 Å². The molecule has 0 spiro atoms. The van der Waals surface area contributed by atoms with Crippen molar-refractivity contribution in [3.8, 4) is 22.3 Å². The Hall–Kier alpha value is -2.80. The number of hydrogen-bond donors (Lipinski definition) is 0. The third-order valence-electron chi connectivity index (χ3n) is 6.36. The van der Waals surface area contributed by atoms with Gasteiger partial charge in [-0.3, -0.25) is 0 Å². The van der Waals surface area contributed by atoms with E-state index in [9.17, 15) is 0 Å². The molecule has 0 saturated heterocycles. The van der Waals surface area contributed by atoms with Crippen molar-refractivity contribution in [1.82, 2.24) is 0 Å². The summed E-state index contributed by atoms with van der Waals surface area (Å²) in [5, 5.41) is 5.26. The zero-order valence-electron chi connectivity index (χ0n) is 21.3. The molecule has 6 rings (SSSR count). The van der Waals surface area contributed by atoms with Gasteiger partial charge in [-0.05, 0) is 11.1 Å². The molecule has 6 aromatic rings. The monoisotopic (exact) mass is 558 g/mol. The average Bonchev–Trinajstić information content (AvgIpc) is 3.59. The average molecular weight is 560 g/mol. The fraction of sp³-hybridized carbons (Fsp3) is 0.118. The van der Waals surface area contributed by atoms with E-state index in [4.69, 9.17) is 0 Å². The van der Waals surface area contributed by atoms with Crippen LogP contribution in [0.4, 0.5) is 0 Å². The Morgan fingerprint density at radius 2 is 0.944 bits per heavy atom. The summed E-state index contributed by atoms with van der Waals surface area (Å²) in [7, 11) is 0. The Kier molecular flexibility index (Phi) is 9.45. The molecule has 0 bridgehead atoms. The van der Waals surface area contributed by atoms with Crippen LogP contribution in [0.15, 0.2) is 133 Å². The number of hydrogen-bond acceptors (Lipinski definition) is 0. The molecule has 0 amide bonds. The summed E-state index contributed by atoms with van der Waals surface area (Å²) in [4.78, 5) is 0. The third-order valence-corrected chi connectivity index (χ3v) is 12.3. The van der Waals surface area contributed by atoms with E-state index in [1.807, 2.05) is 12.1 Å². The van der Waals surface area contributed by atoms with Gasteiger partial charge in [0.05, 0.1) is 0 Å². The molecule has 0 aliphatic rings. The standard InChI is InChI=1S/2C15H11.C4H10Si.Zr/c2*1-2-5-12(6-3-1)15-10-9-13-7-4-8-14(13)11-15;1-4(2)5-3;/h2*1-11H;4H,1-3H3;/q2*-1;;+2. The number of fused-ring (bicyclic) bond motifs is 2. The second-order valence-electron chi connectivity index (χ2n) is 9.31. The molecule has 0 aliphatic heterocycles. The van der Waals surface area contributed by atoms with Crippen molar-refractivity contribution in [2.24, 2.45) is 0 Å². The normalized spacial score (nSPS) is 10.5. The van der Waals surface area contributed by atoms with Crippen molar-refractivity contribution in [2.75, 3.05) is 0 Å². The van der Waals surface area contributed by atoms with E-state index in [1.165, 1.54) is 43.8 Å². The maximum atomic E-state index is 2.38. The maximum Gasteiger partial charge on any atom is -0.0277 e. The molecule has 6 aromatic carbocycles. The van der Waals surface area contributed by atoms with E-state index < -0.39 is 0 Å². The first-order chi connectivity index (χ1) is 17.5. The molecule has 0 aromatic heterocycles. The molecule has 0 atom stereocenters. The SMILES string of the molecule is CC(C)[Si](C)=[Zr+2].c1ccc(-c2ccc3cc[cH-]c3c2)cc1.c1ccc(-c2ccc3cc[cH-]c3c2)cc1. The Morgan fingerprint density at radius 1 is 0.556 bits per heavy atom.